The summed E-state index contributed by atoms with van der Waals surface area (Å²) in [6.45, 7) is 2.63. The molecule has 2 rings (SSSR count). The number of urea groups is 1. The first-order valence-corrected chi connectivity index (χ1v) is 5.02. The highest BCUT2D eigenvalue weighted by Gasteiger charge is 2.36. The van der Waals surface area contributed by atoms with Gasteiger partial charge in [-0.2, -0.15) is 0 Å². The Morgan fingerprint density at radius 2 is 2.31 bits per heavy atom. The molecule has 0 aromatic carbocycles. The molecule has 0 heterocycles. The van der Waals surface area contributed by atoms with E-state index in [9.17, 15) is 4.79 Å². The number of allylic oxidation sites excluding steroid dienone is 1. The second-order valence-electron chi connectivity index (χ2n) is 3.89. The summed E-state index contributed by atoms with van der Waals surface area (Å²) in [6, 6.07) is 0.356. The smallest absolute Gasteiger partial charge is 0.315 e. The lowest BCUT2D eigenvalue weighted by Crippen LogP contribution is -2.43. The van der Waals surface area contributed by atoms with E-state index in [2.05, 4.69) is 22.8 Å². The molecule has 3 atom stereocenters. The highest BCUT2D eigenvalue weighted by molar-refractivity contribution is 5.74. The summed E-state index contributed by atoms with van der Waals surface area (Å²) in [7, 11) is 0. The van der Waals surface area contributed by atoms with Crippen LogP contribution in [0.3, 0.4) is 0 Å². The molecule has 2 amide bonds. The topological polar surface area (TPSA) is 41.1 Å². The van der Waals surface area contributed by atoms with Crippen LogP contribution in [0.25, 0.3) is 0 Å². The molecule has 0 saturated heterocycles. The number of amides is 2. The van der Waals surface area contributed by atoms with Crippen molar-refractivity contribution in [3.63, 3.8) is 0 Å². The molecule has 0 radical (unpaired) electrons. The fourth-order valence-corrected chi connectivity index (χ4v) is 2.33. The Balaban J connectivity index is 1.83. The zero-order valence-electron chi connectivity index (χ0n) is 7.92. The van der Waals surface area contributed by atoms with Crippen LogP contribution in [-0.2, 0) is 0 Å². The second-order valence-corrected chi connectivity index (χ2v) is 3.89. The maximum atomic E-state index is 11.2. The van der Waals surface area contributed by atoms with E-state index in [1.54, 1.807) is 0 Å². The van der Waals surface area contributed by atoms with Gasteiger partial charge in [0.25, 0.3) is 0 Å². The summed E-state index contributed by atoms with van der Waals surface area (Å²) in [5.74, 6) is 1.31. The van der Waals surface area contributed by atoms with E-state index in [4.69, 9.17) is 0 Å². The third-order valence-corrected chi connectivity index (χ3v) is 2.93. The van der Waals surface area contributed by atoms with Gasteiger partial charge in [0.15, 0.2) is 0 Å². The van der Waals surface area contributed by atoms with Gasteiger partial charge in [-0.3, -0.25) is 0 Å². The Kier molecular flexibility index (Phi) is 2.25. The molecule has 3 heteroatoms. The fourth-order valence-electron chi connectivity index (χ4n) is 2.33. The molecule has 1 fully saturated rings. The van der Waals surface area contributed by atoms with Crippen molar-refractivity contribution in [3.05, 3.63) is 12.2 Å². The Bertz CT molecular complexity index is 237. The van der Waals surface area contributed by atoms with Gasteiger partial charge in [-0.05, 0) is 31.6 Å². The first-order valence-electron chi connectivity index (χ1n) is 5.02. The monoisotopic (exact) mass is 180 g/mol. The number of rotatable bonds is 2. The van der Waals surface area contributed by atoms with Crippen molar-refractivity contribution >= 4 is 6.03 Å². The van der Waals surface area contributed by atoms with E-state index in [0.29, 0.717) is 18.5 Å². The van der Waals surface area contributed by atoms with Crippen LogP contribution in [0.1, 0.15) is 19.8 Å². The van der Waals surface area contributed by atoms with Crippen LogP contribution in [-0.4, -0.2) is 18.6 Å². The van der Waals surface area contributed by atoms with Gasteiger partial charge in [0.1, 0.15) is 0 Å². The predicted molar refractivity (Wildman–Crippen MR) is 51.4 cm³/mol. The third-order valence-electron chi connectivity index (χ3n) is 2.93. The van der Waals surface area contributed by atoms with Crippen LogP contribution >= 0.6 is 0 Å². The number of hydrogen-bond donors (Lipinski definition) is 2. The van der Waals surface area contributed by atoms with E-state index in [1.807, 2.05) is 6.92 Å². The molecule has 2 aliphatic rings. The molecule has 0 aromatic heterocycles. The average Bonchev–Trinajstić information content (AvgIpc) is 2.65. The van der Waals surface area contributed by atoms with Gasteiger partial charge in [0.2, 0.25) is 0 Å². The van der Waals surface area contributed by atoms with E-state index < -0.39 is 0 Å². The van der Waals surface area contributed by atoms with Crippen molar-refractivity contribution in [2.24, 2.45) is 11.8 Å². The molecule has 3 nitrogen and oxygen atoms in total. The largest absolute Gasteiger partial charge is 0.338 e. The van der Waals surface area contributed by atoms with Gasteiger partial charge in [-0.15, -0.1) is 0 Å². The number of hydrogen-bond acceptors (Lipinski definition) is 1. The minimum Gasteiger partial charge on any atom is -0.338 e. The Labute approximate surface area is 78.6 Å². The van der Waals surface area contributed by atoms with Gasteiger partial charge in [-0.25, -0.2) is 4.79 Å². The first-order chi connectivity index (χ1) is 6.29. The molecule has 3 unspecified atom stereocenters. The molecule has 1 saturated carbocycles. The highest BCUT2D eigenvalue weighted by Crippen LogP contribution is 2.38. The van der Waals surface area contributed by atoms with Crippen molar-refractivity contribution < 1.29 is 4.79 Å². The zero-order chi connectivity index (χ0) is 9.26. The standard InChI is InChI=1S/C10H16N2O/c1-2-11-10(13)12-9-6-7-3-4-8(9)5-7/h3-4,7-9H,2,5-6H2,1H3,(H2,11,12,13). The van der Waals surface area contributed by atoms with Gasteiger partial charge in [0.05, 0.1) is 0 Å². The van der Waals surface area contributed by atoms with Crippen LogP contribution in [0.2, 0.25) is 0 Å². The molecule has 2 bridgehead atoms. The van der Waals surface area contributed by atoms with E-state index in [-0.39, 0.29) is 6.03 Å². The molecule has 2 N–H and O–H groups in total. The maximum Gasteiger partial charge on any atom is 0.315 e. The van der Waals surface area contributed by atoms with Gasteiger partial charge in [-0.1, -0.05) is 12.2 Å². The van der Waals surface area contributed by atoms with Crippen molar-refractivity contribution in [2.45, 2.75) is 25.8 Å². The summed E-state index contributed by atoms with van der Waals surface area (Å²) in [6.07, 6.45) is 6.88. The quantitative estimate of drug-likeness (QED) is 0.617. The number of nitrogens with one attached hydrogen (secondary N) is 2. The Morgan fingerprint density at radius 3 is 2.85 bits per heavy atom. The summed E-state index contributed by atoms with van der Waals surface area (Å²) in [5.41, 5.74) is 0. The van der Waals surface area contributed by atoms with Gasteiger partial charge in [0, 0.05) is 12.6 Å². The lowest BCUT2D eigenvalue weighted by Gasteiger charge is -2.19. The van der Waals surface area contributed by atoms with E-state index in [1.165, 1.54) is 6.42 Å². The van der Waals surface area contributed by atoms with Gasteiger partial charge < -0.3 is 10.6 Å². The molecule has 0 aromatic rings. The summed E-state index contributed by atoms with van der Waals surface area (Å²) < 4.78 is 0. The lowest BCUT2D eigenvalue weighted by molar-refractivity contribution is 0.235. The van der Waals surface area contributed by atoms with Crippen LogP contribution in [0, 0.1) is 11.8 Å². The third kappa shape index (κ3) is 1.69. The fraction of sp³-hybridized carbons (Fsp3) is 0.700. The lowest BCUT2D eigenvalue weighted by atomic mass is 10.0. The van der Waals surface area contributed by atoms with Gasteiger partial charge >= 0.3 is 6.03 Å². The van der Waals surface area contributed by atoms with Crippen LogP contribution in [0.15, 0.2) is 12.2 Å². The summed E-state index contributed by atoms with van der Waals surface area (Å²) >= 11 is 0. The predicted octanol–water partition coefficient (Wildman–Crippen LogP) is 1.27. The van der Waals surface area contributed by atoms with E-state index in [0.717, 1.165) is 12.3 Å². The molecule has 0 aliphatic heterocycles. The summed E-state index contributed by atoms with van der Waals surface area (Å²) in [5, 5.41) is 5.77. The first kappa shape index (κ1) is 8.60. The second kappa shape index (κ2) is 3.40. The Hall–Kier alpha value is -0.990. The number of carbonyl (C=O) groups excluding carboxylic acids is 1. The maximum absolute atomic E-state index is 11.2. The average molecular weight is 180 g/mol. The van der Waals surface area contributed by atoms with Crippen LogP contribution < -0.4 is 10.6 Å². The number of carbonyl (C=O) groups is 1. The molecule has 2 aliphatic carbocycles. The SMILES string of the molecule is CCNC(=O)NC1CC2C=CC1C2. The number of fused-ring (bicyclic) bond motifs is 2. The molecule has 0 spiro atoms. The molecule has 72 valence electrons. The molecular weight excluding hydrogens is 164 g/mol. The van der Waals surface area contributed by atoms with Crippen molar-refractivity contribution in [2.75, 3.05) is 6.54 Å². The zero-order valence-corrected chi connectivity index (χ0v) is 7.92. The minimum absolute atomic E-state index is 0.0200. The van der Waals surface area contributed by atoms with Crippen molar-refractivity contribution in [3.8, 4) is 0 Å². The molecular formula is C10H16N2O. The highest BCUT2D eigenvalue weighted by atomic mass is 16.2. The molecule has 13 heavy (non-hydrogen) atoms. The Morgan fingerprint density at radius 1 is 1.46 bits per heavy atom. The normalized spacial score (nSPS) is 35.0. The van der Waals surface area contributed by atoms with Crippen LogP contribution in [0.5, 0.6) is 0 Å². The summed E-state index contributed by atoms with van der Waals surface area (Å²) in [4.78, 5) is 11.2. The minimum atomic E-state index is -0.0200. The van der Waals surface area contributed by atoms with Crippen molar-refractivity contribution in [1.82, 2.24) is 10.6 Å². The van der Waals surface area contributed by atoms with E-state index >= 15 is 0 Å². The van der Waals surface area contributed by atoms with Crippen LogP contribution in [0.4, 0.5) is 4.79 Å². The van der Waals surface area contributed by atoms with Crippen molar-refractivity contribution in [1.29, 1.82) is 0 Å².